The van der Waals surface area contributed by atoms with E-state index in [1.807, 2.05) is 12.1 Å². The van der Waals surface area contributed by atoms with Gasteiger partial charge in [-0.05, 0) is 53.4 Å². The average Bonchev–Trinajstić information content (AvgIpc) is 2.67. The number of hydrogen-bond acceptors (Lipinski definition) is 1. The third-order valence-electron chi connectivity index (χ3n) is 4.57. The SMILES string of the molecule is Fc1ccc(C#Cc2ccccc2C2NCCc3ccccc32)cc1. The molecule has 122 valence electrons. The molecule has 0 bridgehead atoms. The highest BCUT2D eigenvalue weighted by Crippen LogP contribution is 2.30. The zero-order chi connectivity index (χ0) is 17.1. The van der Waals surface area contributed by atoms with E-state index in [0.717, 1.165) is 24.1 Å². The number of fused-ring (bicyclic) bond motifs is 1. The molecule has 4 rings (SSSR count). The van der Waals surface area contributed by atoms with Crippen molar-refractivity contribution in [3.05, 3.63) is 106 Å². The molecule has 0 aromatic heterocycles. The summed E-state index contributed by atoms with van der Waals surface area (Å²) in [6.07, 6.45) is 1.05. The van der Waals surface area contributed by atoms with Crippen molar-refractivity contribution in [1.82, 2.24) is 5.32 Å². The summed E-state index contributed by atoms with van der Waals surface area (Å²) in [7, 11) is 0. The van der Waals surface area contributed by atoms with Crippen LogP contribution in [-0.4, -0.2) is 6.54 Å². The van der Waals surface area contributed by atoms with E-state index in [1.54, 1.807) is 12.1 Å². The summed E-state index contributed by atoms with van der Waals surface area (Å²) in [4.78, 5) is 0. The smallest absolute Gasteiger partial charge is 0.123 e. The summed E-state index contributed by atoms with van der Waals surface area (Å²) in [6.45, 7) is 0.960. The van der Waals surface area contributed by atoms with Crippen molar-refractivity contribution in [1.29, 1.82) is 0 Å². The molecule has 3 aromatic carbocycles. The molecule has 0 spiro atoms. The van der Waals surface area contributed by atoms with Crippen LogP contribution in [0.25, 0.3) is 0 Å². The molecule has 1 aliphatic heterocycles. The molecule has 1 aliphatic rings. The normalized spacial score (nSPS) is 15.8. The van der Waals surface area contributed by atoms with Gasteiger partial charge < -0.3 is 5.32 Å². The van der Waals surface area contributed by atoms with Gasteiger partial charge in [-0.2, -0.15) is 0 Å². The molecule has 0 amide bonds. The average molecular weight is 327 g/mol. The van der Waals surface area contributed by atoms with Crippen LogP contribution in [0.15, 0.2) is 72.8 Å². The van der Waals surface area contributed by atoms with Gasteiger partial charge in [0, 0.05) is 17.7 Å². The Morgan fingerprint density at radius 2 is 1.52 bits per heavy atom. The molecule has 3 aromatic rings. The van der Waals surface area contributed by atoms with Crippen molar-refractivity contribution in [2.24, 2.45) is 0 Å². The summed E-state index contributed by atoms with van der Waals surface area (Å²) in [6, 6.07) is 23.3. The highest BCUT2D eigenvalue weighted by molar-refractivity contribution is 5.51. The van der Waals surface area contributed by atoms with Crippen LogP contribution in [0.1, 0.15) is 33.9 Å². The van der Waals surface area contributed by atoms with Crippen LogP contribution in [0.2, 0.25) is 0 Å². The van der Waals surface area contributed by atoms with Gasteiger partial charge in [-0.25, -0.2) is 4.39 Å². The van der Waals surface area contributed by atoms with Crippen molar-refractivity contribution >= 4 is 0 Å². The Kier molecular flexibility index (Phi) is 4.33. The molecule has 0 saturated carbocycles. The van der Waals surface area contributed by atoms with Gasteiger partial charge >= 0.3 is 0 Å². The van der Waals surface area contributed by atoms with Crippen LogP contribution in [0.4, 0.5) is 4.39 Å². The van der Waals surface area contributed by atoms with Crippen LogP contribution in [0.3, 0.4) is 0 Å². The maximum atomic E-state index is 13.0. The van der Waals surface area contributed by atoms with E-state index in [-0.39, 0.29) is 11.9 Å². The minimum absolute atomic E-state index is 0.156. The van der Waals surface area contributed by atoms with E-state index in [0.29, 0.717) is 0 Å². The molecule has 1 nitrogen and oxygen atoms in total. The number of nitrogens with one attached hydrogen (secondary N) is 1. The second-order valence-electron chi connectivity index (χ2n) is 6.18. The minimum Gasteiger partial charge on any atom is -0.306 e. The maximum Gasteiger partial charge on any atom is 0.123 e. The van der Waals surface area contributed by atoms with Crippen molar-refractivity contribution in [2.45, 2.75) is 12.5 Å². The van der Waals surface area contributed by atoms with Gasteiger partial charge in [0.25, 0.3) is 0 Å². The fourth-order valence-electron chi connectivity index (χ4n) is 3.32. The molecule has 0 fully saturated rings. The predicted molar refractivity (Wildman–Crippen MR) is 98.8 cm³/mol. The zero-order valence-electron chi connectivity index (χ0n) is 13.8. The van der Waals surface area contributed by atoms with Crippen molar-refractivity contribution < 1.29 is 4.39 Å². The van der Waals surface area contributed by atoms with E-state index >= 15 is 0 Å². The molecule has 1 heterocycles. The third-order valence-corrected chi connectivity index (χ3v) is 4.57. The van der Waals surface area contributed by atoms with Gasteiger partial charge in [0.1, 0.15) is 5.82 Å². The fourth-order valence-corrected chi connectivity index (χ4v) is 3.32. The number of hydrogen-bond donors (Lipinski definition) is 1. The predicted octanol–water partition coefficient (Wildman–Crippen LogP) is 4.46. The van der Waals surface area contributed by atoms with E-state index < -0.39 is 0 Å². The van der Waals surface area contributed by atoms with Crippen LogP contribution in [0, 0.1) is 17.7 Å². The van der Waals surface area contributed by atoms with Gasteiger partial charge in [0.2, 0.25) is 0 Å². The first-order chi connectivity index (χ1) is 12.3. The van der Waals surface area contributed by atoms with Crippen LogP contribution < -0.4 is 5.32 Å². The third kappa shape index (κ3) is 3.33. The van der Waals surface area contributed by atoms with E-state index in [2.05, 4.69) is 53.6 Å². The van der Waals surface area contributed by atoms with Gasteiger partial charge in [-0.15, -0.1) is 0 Å². The van der Waals surface area contributed by atoms with Gasteiger partial charge in [-0.3, -0.25) is 0 Å². The molecule has 0 aliphatic carbocycles. The Bertz CT molecular complexity index is 948. The molecule has 1 unspecified atom stereocenters. The standard InChI is InChI=1S/C23H18FN/c24-20-13-10-17(11-14-20)9-12-18-5-1-3-7-21(18)23-22-8-4-2-6-19(22)15-16-25-23/h1-8,10-11,13-14,23,25H,15-16H2. The molecule has 2 heteroatoms. The Morgan fingerprint density at radius 1 is 0.800 bits per heavy atom. The number of halogens is 1. The molecule has 0 saturated heterocycles. The van der Waals surface area contributed by atoms with Crippen LogP contribution >= 0.6 is 0 Å². The lowest BCUT2D eigenvalue weighted by Crippen LogP contribution is -2.31. The molecule has 1 atom stereocenters. The number of rotatable bonds is 1. The van der Waals surface area contributed by atoms with E-state index in [1.165, 1.54) is 28.8 Å². The van der Waals surface area contributed by atoms with Crippen LogP contribution in [0.5, 0.6) is 0 Å². The molecule has 25 heavy (non-hydrogen) atoms. The Labute approximate surface area is 147 Å². The summed E-state index contributed by atoms with van der Waals surface area (Å²) in [5, 5.41) is 3.62. The largest absolute Gasteiger partial charge is 0.306 e. The Morgan fingerprint density at radius 3 is 2.36 bits per heavy atom. The zero-order valence-corrected chi connectivity index (χ0v) is 13.8. The van der Waals surface area contributed by atoms with Crippen molar-refractivity contribution in [2.75, 3.05) is 6.54 Å². The lowest BCUT2D eigenvalue weighted by atomic mass is 9.88. The first-order valence-electron chi connectivity index (χ1n) is 8.49. The van der Waals surface area contributed by atoms with Crippen molar-refractivity contribution in [3.8, 4) is 11.8 Å². The molecular formula is C23H18FN. The summed E-state index contributed by atoms with van der Waals surface area (Å²) in [5.41, 5.74) is 5.72. The maximum absolute atomic E-state index is 13.0. The summed E-state index contributed by atoms with van der Waals surface area (Å²) < 4.78 is 13.0. The van der Waals surface area contributed by atoms with Crippen LogP contribution in [-0.2, 0) is 6.42 Å². The molecular weight excluding hydrogens is 309 g/mol. The van der Waals surface area contributed by atoms with E-state index in [9.17, 15) is 4.39 Å². The Hall–Kier alpha value is -2.89. The molecule has 1 N–H and O–H groups in total. The quantitative estimate of drug-likeness (QED) is 0.651. The topological polar surface area (TPSA) is 12.0 Å². The highest BCUT2D eigenvalue weighted by atomic mass is 19.1. The van der Waals surface area contributed by atoms with Crippen molar-refractivity contribution in [3.63, 3.8) is 0 Å². The molecule has 0 radical (unpaired) electrons. The van der Waals surface area contributed by atoms with E-state index in [4.69, 9.17) is 0 Å². The van der Waals surface area contributed by atoms with Gasteiger partial charge in [0.15, 0.2) is 0 Å². The minimum atomic E-state index is -0.242. The first-order valence-corrected chi connectivity index (χ1v) is 8.49. The summed E-state index contributed by atoms with van der Waals surface area (Å²) >= 11 is 0. The monoisotopic (exact) mass is 327 g/mol. The summed E-state index contributed by atoms with van der Waals surface area (Å²) in [5.74, 6) is 6.17. The Balaban J connectivity index is 1.73. The lowest BCUT2D eigenvalue weighted by molar-refractivity contribution is 0.567. The van der Waals surface area contributed by atoms with Gasteiger partial charge in [0.05, 0.1) is 6.04 Å². The second-order valence-corrected chi connectivity index (χ2v) is 6.18. The number of benzene rings is 3. The second kappa shape index (κ2) is 6.93. The lowest BCUT2D eigenvalue weighted by Gasteiger charge is -2.28. The van der Waals surface area contributed by atoms with Gasteiger partial charge in [-0.1, -0.05) is 54.3 Å². The first kappa shape index (κ1) is 15.6. The fraction of sp³-hybridized carbons (Fsp3) is 0.130. The highest BCUT2D eigenvalue weighted by Gasteiger charge is 2.22.